The van der Waals surface area contributed by atoms with Crippen molar-refractivity contribution in [2.75, 3.05) is 0 Å². The van der Waals surface area contributed by atoms with Crippen molar-refractivity contribution in [3.05, 3.63) is 0 Å². The van der Waals surface area contributed by atoms with E-state index < -0.39 is 9.84 Å². The van der Waals surface area contributed by atoms with Gasteiger partial charge in [0, 0.05) is 12.3 Å². The van der Waals surface area contributed by atoms with Crippen LogP contribution in [0.4, 0.5) is 0 Å². The Balaban J connectivity index is 1.95. The van der Waals surface area contributed by atoms with Gasteiger partial charge in [0.05, 0.1) is 10.5 Å². The first-order valence-electron chi connectivity index (χ1n) is 6.95. The third-order valence-corrected chi connectivity index (χ3v) is 7.13. The zero-order chi connectivity index (χ0) is 13.6. The average Bonchev–Trinajstić information content (AvgIpc) is 2.46. The summed E-state index contributed by atoms with van der Waals surface area (Å²) in [5.41, 5.74) is 0.176. The summed E-state index contributed by atoms with van der Waals surface area (Å²) in [7, 11) is -2.89. The maximum absolute atomic E-state index is 12.2. The first kappa shape index (κ1) is 14.0. The number of hydrogen-bond donors (Lipinski definition) is 0. The number of hydrogen-bond acceptors (Lipinski definition) is 3. The van der Waals surface area contributed by atoms with Crippen LogP contribution >= 0.6 is 0 Å². The van der Waals surface area contributed by atoms with E-state index >= 15 is 0 Å². The van der Waals surface area contributed by atoms with Crippen LogP contribution in [-0.2, 0) is 14.6 Å². The molecule has 2 atom stereocenters. The first-order valence-corrected chi connectivity index (χ1v) is 8.56. The molecule has 2 unspecified atom stereocenters. The highest BCUT2D eigenvalue weighted by molar-refractivity contribution is 7.93. The topological polar surface area (TPSA) is 51.2 Å². The molecule has 0 amide bonds. The van der Waals surface area contributed by atoms with Gasteiger partial charge < -0.3 is 0 Å². The van der Waals surface area contributed by atoms with Gasteiger partial charge in [-0.1, -0.05) is 20.8 Å². The van der Waals surface area contributed by atoms with E-state index in [1.165, 1.54) is 0 Å². The van der Waals surface area contributed by atoms with Gasteiger partial charge in [0.1, 0.15) is 5.78 Å². The predicted molar refractivity (Wildman–Crippen MR) is 72.1 cm³/mol. The maximum Gasteiger partial charge on any atom is 0.156 e. The highest BCUT2D eigenvalue weighted by Gasteiger charge is 2.48. The fourth-order valence-corrected chi connectivity index (χ4v) is 5.65. The van der Waals surface area contributed by atoms with Crippen molar-refractivity contribution in [3.63, 3.8) is 0 Å². The van der Waals surface area contributed by atoms with Gasteiger partial charge in [-0.05, 0) is 37.5 Å². The van der Waals surface area contributed by atoms with E-state index in [1.807, 2.05) is 0 Å². The number of sulfone groups is 1. The van der Waals surface area contributed by atoms with Gasteiger partial charge in [-0.3, -0.25) is 4.79 Å². The van der Waals surface area contributed by atoms with E-state index in [1.54, 1.807) is 0 Å². The summed E-state index contributed by atoms with van der Waals surface area (Å²) in [5.74, 6) is 0.296. The van der Waals surface area contributed by atoms with Crippen LogP contribution < -0.4 is 0 Å². The summed E-state index contributed by atoms with van der Waals surface area (Å²) < 4.78 is 23.9. The van der Waals surface area contributed by atoms with Crippen LogP contribution in [0, 0.1) is 11.3 Å². The third-order valence-electron chi connectivity index (χ3n) is 4.41. The van der Waals surface area contributed by atoms with E-state index in [-0.39, 0.29) is 27.6 Å². The Morgan fingerprint density at radius 3 is 2.06 bits per heavy atom. The van der Waals surface area contributed by atoms with Gasteiger partial charge in [0.15, 0.2) is 9.84 Å². The number of carbonyl (C=O) groups is 1. The monoisotopic (exact) mass is 272 g/mol. The molecule has 0 aromatic carbocycles. The lowest BCUT2D eigenvalue weighted by molar-refractivity contribution is -0.123. The molecular weight excluding hydrogens is 248 g/mol. The summed E-state index contributed by atoms with van der Waals surface area (Å²) in [6, 6.07) is 0. The van der Waals surface area contributed by atoms with Crippen LogP contribution in [-0.4, -0.2) is 24.7 Å². The zero-order valence-electron chi connectivity index (χ0n) is 11.6. The van der Waals surface area contributed by atoms with Crippen molar-refractivity contribution in [3.8, 4) is 0 Å². The minimum absolute atomic E-state index is 0.00775. The third kappa shape index (κ3) is 2.79. The fraction of sp³-hybridized carbons (Fsp3) is 0.929. The summed E-state index contributed by atoms with van der Waals surface area (Å²) in [6.07, 6.45) is 4.22. The SMILES string of the molecule is CC(C)(C)CCC(=O)C1CC2CCC(C1)S2(=O)=O. The molecule has 0 aromatic rings. The summed E-state index contributed by atoms with van der Waals surface area (Å²) >= 11 is 0. The Kier molecular flexibility index (Phi) is 3.60. The number of fused-ring (bicyclic) bond motifs is 2. The van der Waals surface area contributed by atoms with E-state index in [9.17, 15) is 13.2 Å². The largest absolute Gasteiger partial charge is 0.299 e. The van der Waals surface area contributed by atoms with E-state index in [0.29, 0.717) is 19.3 Å². The lowest BCUT2D eigenvalue weighted by Gasteiger charge is -2.27. The number of ketones is 1. The molecule has 2 heterocycles. The molecule has 2 aliphatic heterocycles. The van der Waals surface area contributed by atoms with Gasteiger partial charge in [0.25, 0.3) is 0 Å². The predicted octanol–water partition coefficient (Wildman–Crippen LogP) is 2.74. The molecular formula is C14H24O3S. The number of rotatable bonds is 3. The van der Waals surface area contributed by atoms with Crippen molar-refractivity contribution in [1.29, 1.82) is 0 Å². The highest BCUT2D eigenvalue weighted by atomic mass is 32.2. The quantitative estimate of drug-likeness (QED) is 0.793. The Bertz CT molecular complexity index is 410. The zero-order valence-corrected chi connectivity index (χ0v) is 12.4. The minimum atomic E-state index is -2.89. The molecule has 2 aliphatic rings. The second-order valence-electron chi connectivity index (χ2n) is 7.11. The Hall–Kier alpha value is -0.380. The van der Waals surface area contributed by atoms with Crippen LogP contribution in [0.15, 0.2) is 0 Å². The maximum atomic E-state index is 12.2. The Morgan fingerprint density at radius 1 is 1.11 bits per heavy atom. The lowest BCUT2D eigenvalue weighted by Crippen LogP contribution is -2.36. The van der Waals surface area contributed by atoms with E-state index in [0.717, 1.165) is 19.3 Å². The highest BCUT2D eigenvalue weighted by Crippen LogP contribution is 2.42. The second kappa shape index (κ2) is 4.62. The average molecular weight is 272 g/mol. The van der Waals surface area contributed by atoms with Crippen LogP contribution in [0.2, 0.25) is 0 Å². The van der Waals surface area contributed by atoms with Crippen LogP contribution in [0.1, 0.15) is 59.3 Å². The molecule has 104 valence electrons. The molecule has 2 bridgehead atoms. The molecule has 0 aliphatic carbocycles. The number of carbonyl (C=O) groups excluding carboxylic acids is 1. The smallest absolute Gasteiger partial charge is 0.156 e. The summed E-state index contributed by atoms with van der Waals surface area (Å²) in [4.78, 5) is 12.2. The molecule has 0 aromatic heterocycles. The standard InChI is InChI=1S/C14H24O3S/c1-14(2,3)7-6-13(15)10-8-11-4-5-12(9-10)18(11,16)17/h10-12H,4-9H2,1-3H3. The molecule has 18 heavy (non-hydrogen) atoms. The van der Waals surface area contributed by atoms with Crippen molar-refractivity contribution >= 4 is 15.6 Å². The van der Waals surface area contributed by atoms with E-state index in [4.69, 9.17) is 0 Å². The lowest BCUT2D eigenvalue weighted by atomic mass is 9.85. The van der Waals surface area contributed by atoms with E-state index in [2.05, 4.69) is 20.8 Å². The molecule has 2 saturated heterocycles. The Labute approximate surface area is 110 Å². The van der Waals surface area contributed by atoms with Crippen LogP contribution in [0.25, 0.3) is 0 Å². The molecule has 2 fully saturated rings. The summed E-state index contributed by atoms with van der Waals surface area (Å²) in [5, 5.41) is -0.445. The normalized spacial score (nSPS) is 34.5. The minimum Gasteiger partial charge on any atom is -0.299 e. The number of Topliss-reactive ketones (excluding diaryl/α,β-unsaturated/α-hetero) is 1. The van der Waals surface area contributed by atoms with Gasteiger partial charge >= 0.3 is 0 Å². The van der Waals surface area contributed by atoms with Crippen LogP contribution in [0.5, 0.6) is 0 Å². The molecule has 0 N–H and O–H groups in total. The summed E-state index contributed by atoms with van der Waals surface area (Å²) in [6.45, 7) is 6.40. The second-order valence-corrected chi connectivity index (χ2v) is 9.62. The van der Waals surface area contributed by atoms with Gasteiger partial charge in [-0.15, -0.1) is 0 Å². The molecule has 0 spiro atoms. The van der Waals surface area contributed by atoms with Crippen LogP contribution in [0.3, 0.4) is 0 Å². The van der Waals surface area contributed by atoms with Crippen molar-refractivity contribution in [1.82, 2.24) is 0 Å². The van der Waals surface area contributed by atoms with Crippen molar-refractivity contribution in [2.45, 2.75) is 69.8 Å². The molecule has 0 radical (unpaired) electrons. The Morgan fingerprint density at radius 2 is 1.61 bits per heavy atom. The molecule has 3 nitrogen and oxygen atoms in total. The first-order chi connectivity index (χ1) is 8.20. The fourth-order valence-electron chi connectivity index (χ4n) is 3.17. The molecule has 0 saturated carbocycles. The van der Waals surface area contributed by atoms with Gasteiger partial charge in [-0.2, -0.15) is 0 Å². The molecule has 2 rings (SSSR count). The van der Waals surface area contributed by atoms with Crippen molar-refractivity contribution < 1.29 is 13.2 Å². The van der Waals surface area contributed by atoms with Crippen molar-refractivity contribution in [2.24, 2.45) is 11.3 Å². The molecule has 4 heteroatoms. The van der Waals surface area contributed by atoms with Gasteiger partial charge in [0.2, 0.25) is 0 Å². The van der Waals surface area contributed by atoms with Gasteiger partial charge in [-0.25, -0.2) is 8.42 Å².